The number of aliphatic hydroxyl groups is 1. The molecule has 0 unspecified atom stereocenters. The van der Waals surface area contributed by atoms with E-state index in [1.54, 1.807) is 54.6 Å². The zero-order valence-electron chi connectivity index (χ0n) is 21.9. The van der Waals surface area contributed by atoms with Crippen LogP contribution in [0, 0.1) is 5.41 Å². The van der Waals surface area contributed by atoms with Gasteiger partial charge in [0.2, 0.25) is 0 Å². The Morgan fingerprint density at radius 3 is 1.10 bits per heavy atom. The van der Waals surface area contributed by atoms with Crippen molar-refractivity contribution in [3.8, 4) is 17.2 Å². The maximum Gasteiger partial charge on any atom is 0.341 e. The first-order valence-corrected chi connectivity index (χ1v) is 11.9. The molecule has 1 N–H and O–H groups in total. The van der Waals surface area contributed by atoms with Crippen LogP contribution in [0.2, 0.25) is 0 Å². The van der Waals surface area contributed by atoms with E-state index in [0.29, 0.717) is 17.2 Å². The van der Waals surface area contributed by atoms with Crippen LogP contribution in [0.1, 0.15) is 31.1 Å². The summed E-state index contributed by atoms with van der Waals surface area (Å²) in [5.74, 6) is -1.33. The maximum absolute atomic E-state index is 12.8. The minimum Gasteiger partial charge on any atom is -0.496 e. The van der Waals surface area contributed by atoms with Crippen LogP contribution in [0.15, 0.2) is 72.8 Å². The largest absolute Gasteiger partial charge is 0.496 e. The van der Waals surface area contributed by atoms with E-state index < -0.39 is 49.8 Å². The summed E-state index contributed by atoms with van der Waals surface area (Å²) in [5.41, 5.74) is -1.02. The van der Waals surface area contributed by atoms with Gasteiger partial charge in [0.15, 0.2) is 0 Å². The molecule has 0 bridgehead atoms. The first kappa shape index (κ1) is 29.0. The van der Waals surface area contributed by atoms with Crippen LogP contribution < -0.4 is 14.2 Å². The third-order valence-electron chi connectivity index (χ3n) is 5.84. The fourth-order valence-corrected chi connectivity index (χ4v) is 3.59. The van der Waals surface area contributed by atoms with E-state index in [-0.39, 0.29) is 16.7 Å². The monoisotopic (exact) mass is 538 g/mol. The Bertz CT molecular complexity index is 1130. The van der Waals surface area contributed by atoms with Crippen LogP contribution in [0.4, 0.5) is 0 Å². The highest BCUT2D eigenvalue weighted by Gasteiger charge is 2.37. The highest BCUT2D eigenvalue weighted by Crippen LogP contribution is 2.26. The van der Waals surface area contributed by atoms with E-state index in [1.165, 1.54) is 39.5 Å². The van der Waals surface area contributed by atoms with Gasteiger partial charge in [-0.3, -0.25) is 0 Å². The Balaban J connectivity index is 1.81. The molecule has 0 aromatic heterocycles. The van der Waals surface area contributed by atoms with Crippen molar-refractivity contribution in [1.29, 1.82) is 0 Å². The summed E-state index contributed by atoms with van der Waals surface area (Å²) < 4.78 is 32.1. The van der Waals surface area contributed by atoms with Crippen LogP contribution in [0.3, 0.4) is 0 Å². The van der Waals surface area contributed by atoms with Crippen molar-refractivity contribution in [1.82, 2.24) is 0 Å². The van der Waals surface area contributed by atoms with Crippen molar-refractivity contribution in [2.24, 2.45) is 5.41 Å². The molecule has 10 heteroatoms. The van der Waals surface area contributed by atoms with Crippen molar-refractivity contribution in [2.45, 2.75) is 0 Å². The van der Waals surface area contributed by atoms with Gasteiger partial charge < -0.3 is 33.5 Å². The Kier molecular flexibility index (Phi) is 10.3. The number of carbonyl (C=O) groups is 3. The van der Waals surface area contributed by atoms with E-state index in [2.05, 4.69) is 0 Å². The molecular weight excluding hydrogens is 508 g/mol. The molecule has 206 valence electrons. The second kappa shape index (κ2) is 13.8. The van der Waals surface area contributed by atoms with E-state index in [0.717, 1.165) is 0 Å². The summed E-state index contributed by atoms with van der Waals surface area (Å²) in [6.07, 6.45) is 0. The molecule has 0 atom stereocenters. The third-order valence-corrected chi connectivity index (χ3v) is 5.84. The smallest absolute Gasteiger partial charge is 0.341 e. The van der Waals surface area contributed by atoms with Gasteiger partial charge in [-0.1, -0.05) is 36.4 Å². The molecular formula is C29H30O10. The number of carbonyl (C=O) groups excluding carboxylic acids is 3. The predicted octanol–water partition coefficient (Wildman–Crippen LogP) is 3.56. The van der Waals surface area contributed by atoms with Gasteiger partial charge in [0.25, 0.3) is 0 Å². The Labute approximate surface area is 226 Å². The average Bonchev–Trinajstić information content (AvgIpc) is 3.00. The van der Waals surface area contributed by atoms with Gasteiger partial charge in [0, 0.05) is 0 Å². The lowest BCUT2D eigenvalue weighted by Gasteiger charge is -2.30. The van der Waals surface area contributed by atoms with E-state index in [9.17, 15) is 19.5 Å². The first-order chi connectivity index (χ1) is 18.9. The van der Waals surface area contributed by atoms with Gasteiger partial charge >= 0.3 is 17.9 Å². The summed E-state index contributed by atoms with van der Waals surface area (Å²) in [6.45, 7) is -1.99. The number of aliphatic hydroxyl groups excluding tert-OH is 1. The number of rotatable bonds is 13. The molecule has 0 heterocycles. The SMILES string of the molecule is COc1ccccc1C(=O)OCC(CO)(COC(=O)c1ccccc1OC)COC(=O)c1ccccc1OC. The molecule has 0 aliphatic heterocycles. The summed E-state index contributed by atoms with van der Waals surface area (Å²) >= 11 is 0. The standard InChI is InChI=1S/C29H30O10/c1-34-23-13-7-4-10-20(23)26(31)37-17-29(16-30,18-38-27(32)21-11-5-8-14-24(21)35-2)19-39-28(33)22-12-6-9-15-25(22)36-3/h4-15,30H,16-19H2,1-3H3. The normalized spacial score (nSPS) is 10.8. The molecule has 3 aromatic rings. The molecule has 3 rings (SSSR count). The number of esters is 3. The highest BCUT2D eigenvalue weighted by atomic mass is 16.6. The Morgan fingerprint density at radius 2 is 0.846 bits per heavy atom. The number of para-hydroxylation sites is 3. The van der Waals surface area contributed by atoms with Crippen molar-refractivity contribution < 1.29 is 47.9 Å². The molecule has 0 aliphatic carbocycles. The van der Waals surface area contributed by atoms with Crippen molar-refractivity contribution >= 4 is 17.9 Å². The van der Waals surface area contributed by atoms with Gasteiger partial charge in [-0.05, 0) is 36.4 Å². The van der Waals surface area contributed by atoms with Gasteiger partial charge in [0.1, 0.15) is 53.8 Å². The van der Waals surface area contributed by atoms with Crippen LogP contribution >= 0.6 is 0 Å². The molecule has 0 spiro atoms. The minimum absolute atomic E-state index is 0.156. The van der Waals surface area contributed by atoms with Crippen LogP contribution in [-0.2, 0) is 14.2 Å². The topological polar surface area (TPSA) is 127 Å². The fraction of sp³-hybridized carbons (Fsp3) is 0.276. The van der Waals surface area contributed by atoms with Crippen molar-refractivity contribution in [2.75, 3.05) is 47.8 Å². The van der Waals surface area contributed by atoms with Crippen LogP contribution in [-0.4, -0.2) is 70.8 Å². The summed E-state index contributed by atoms with van der Waals surface area (Å²) in [5, 5.41) is 10.4. The lowest BCUT2D eigenvalue weighted by atomic mass is 9.92. The van der Waals surface area contributed by atoms with Gasteiger partial charge in [-0.2, -0.15) is 0 Å². The lowest BCUT2D eigenvalue weighted by Crippen LogP contribution is -2.42. The van der Waals surface area contributed by atoms with Crippen LogP contribution in [0.5, 0.6) is 17.2 Å². The lowest BCUT2D eigenvalue weighted by molar-refractivity contribution is -0.0588. The third kappa shape index (κ3) is 7.26. The minimum atomic E-state index is -1.49. The molecule has 10 nitrogen and oxygen atoms in total. The van der Waals surface area contributed by atoms with Crippen molar-refractivity contribution in [3.63, 3.8) is 0 Å². The summed E-state index contributed by atoms with van der Waals surface area (Å²) in [6, 6.07) is 19.4. The fourth-order valence-electron chi connectivity index (χ4n) is 3.59. The molecule has 3 aromatic carbocycles. The van der Waals surface area contributed by atoms with E-state index >= 15 is 0 Å². The van der Waals surface area contributed by atoms with E-state index in [1.807, 2.05) is 0 Å². The molecule has 0 amide bonds. The zero-order chi connectivity index (χ0) is 28.3. The first-order valence-electron chi connectivity index (χ1n) is 11.9. The number of benzene rings is 3. The number of hydrogen-bond donors (Lipinski definition) is 1. The number of hydrogen-bond acceptors (Lipinski definition) is 10. The maximum atomic E-state index is 12.8. The molecule has 0 radical (unpaired) electrons. The predicted molar refractivity (Wildman–Crippen MR) is 139 cm³/mol. The molecule has 0 saturated heterocycles. The van der Waals surface area contributed by atoms with Gasteiger partial charge in [-0.25, -0.2) is 14.4 Å². The Morgan fingerprint density at radius 1 is 0.564 bits per heavy atom. The molecule has 0 saturated carbocycles. The quantitative estimate of drug-likeness (QED) is 0.255. The Hall–Kier alpha value is -4.57. The average molecular weight is 539 g/mol. The summed E-state index contributed by atoms with van der Waals surface area (Å²) in [7, 11) is 4.25. The molecule has 0 aliphatic rings. The van der Waals surface area contributed by atoms with Crippen molar-refractivity contribution in [3.05, 3.63) is 89.5 Å². The van der Waals surface area contributed by atoms with E-state index in [4.69, 9.17) is 28.4 Å². The molecule has 39 heavy (non-hydrogen) atoms. The zero-order valence-corrected chi connectivity index (χ0v) is 21.9. The van der Waals surface area contributed by atoms with Gasteiger partial charge in [0.05, 0.1) is 33.4 Å². The number of ether oxygens (including phenoxy) is 6. The second-order valence-corrected chi connectivity index (χ2v) is 8.49. The highest BCUT2D eigenvalue weighted by molar-refractivity contribution is 5.93. The molecule has 0 fully saturated rings. The van der Waals surface area contributed by atoms with Gasteiger partial charge in [-0.15, -0.1) is 0 Å². The number of methoxy groups -OCH3 is 3. The summed E-state index contributed by atoms with van der Waals surface area (Å²) in [4.78, 5) is 38.5. The second-order valence-electron chi connectivity index (χ2n) is 8.49. The van der Waals surface area contributed by atoms with Crippen LogP contribution in [0.25, 0.3) is 0 Å².